The molecule has 1 atom stereocenters. The fraction of sp³-hybridized carbons (Fsp3) is 0.714. The summed E-state index contributed by atoms with van der Waals surface area (Å²) in [5.41, 5.74) is 5.52. The number of ether oxygens (including phenoxy) is 1. The van der Waals surface area contributed by atoms with Gasteiger partial charge in [-0.2, -0.15) is 0 Å². The number of nitrogens with two attached hydrogens (primary N) is 1. The third-order valence-electron chi connectivity index (χ3n) is 3.00. The molecule has 98 valence electrons. The van der Waals surface area contributed by atoms with E-state index >= 15 is 0 Å². The molecule has 1 aliphatic carbocycles. The zero-order valence-electron chi connectivity index (χ0n) is 10.6. The van der Waals surface area contributed by atoms with E-state index in [2.05, 4.69) is 18.2 Å². The Balaban J connectivity index is 2.12. The molecule has 0 saturated heterocycles. The fourth-order valence-electron chi connectivity index (χ4n) is 1.99. The number of aliphatic hydroxyl groups is 1. The van der Waals surface area contributed by atoms with Crippen LogP contribution in [0.25, 0.3) is 0 Å². The quantitative estimate of drug-likeness (QED) is 0.607. The third-order valence-corrected chi connectivity index (χ3v) is 3.00. The van der Waals surface area contributed by atoms with Crippen molar-refractivity contribution in [3.05, 3.63) is 24.0 Å². The van der Waals surface area contributed by atoms with E-state index in [4.69, 9.17) is 15.6 Å². The highest BCUT2D eigenvalue weighted by molar-refractivity contribution is 5.15. The first-order chi connectivity index (χ1) is 8.36. The Hall–Kier alpha value is -0.800. The van der Waals surface area contributed by atoms with E-state index in [1.165, 1.54) is 0 Å². The van der Waals surface area contributed by atoms with Crippen molar-refractivity contribution >= 4 is 0 Å². The summed E-state index contributed by atoms with van der Waals surface area (Å²) >= 11 is 0. The molecule has 0 spiro atoms. The highest BCUT2D eigenvalue weighted by Crippen LogP contribution is 2.23. The van der Waals surface area contributed by atoms with Gasteiger partial charge in [0.1, 0.15) is 0 Å². The van der Waals surface area contributed by atoms with Crippen LogP contribution in [0.5, 0.6) is 0 Å². The molecule has 1 rings (SSSR count). The number of hydrogen-bond donors (Lipinski definition) is 2. The highest BCUT2D eigenvalue weighted by atomic mass is 16.5. The Morgan fingerprint density at radius 3 is 2.94 bits per heavy atom. The van der Waals surface area contributed by atoms with Gasteiger partial charge >= 0.3 is 0 Å². The van der Waals surface area contributed by atoms with Crippen LogP contribution in [0.15, 0.2) is 24.0 Å². The number of aliphatic hydroxyl groups excluding tert-OH is 1. The standard InChI is InChI=1S/C14H25NO2/c15-9-5-7-13-6-4-8-14(12-13)17-11-3-1-2-10-16/h4,6,8,13,16H,1-3,5,7,9-12,15H2. The van der Waals surface area contributed by atoms with Gasteiger partial charge in [0.15, 0.2) is 0 Å². The fourth-order valence-corrected chi connectivity index (χ4v) is 1.99. The van der Waals surface area contributed by atoms with Gasteiger partial charge in [0, 0.05) is 13.0 Å². The summed E-state index contributed by atoms with van der Waals surface area (Å²) in [6.45, 7) is 1.82. The second-order valence-corrected chi connectivity index (χ2v) is 4.55. The maximum atomic E-state index is 8.66. The minimum Gasteiger partial charge on any atom is -0.498 e. The Bertz CT molecular complexity index is 249. The van der Waals surface area contributed by atoms with Crippen molar-refractivity contribution < 1.29 is 9.84 Å². The second-order valence-electron chi connectivity index (χ2n) is 4.55. The van der Waals surface area contributed by atoms with Crippen molar-refractivity contribution in [3.8, 4) is 0 Å². The molecule has 1 aliphatic rings. The smallest absolute Gasteiger partial charge is 0.0965 e. The van der Waals surface area contributed by atoms with Crippen LogP contribution in [0.4, 0.5) is 0 Å². The Morgan fingerprint density at radius 2 is 2.18 bits per heavy atom. The van der Waals surface area contributed by atoms with Crippen LogP contribution in [0.3, 0.4) is 0 Å². The molecule has 0 aromatic rings. The van der Waals surface area contributed by atoms with Gasteiger partial charge in [-0.25, -0.2) is 0 Å². The van der Waals surface area contributed by atoms with Crippen LogP contribution in [0.2, 0.25) is 0 Å². The topological polar surface area (TPSA) is 55.5 Å². The van der Waals surface area contributed by atoms with Crippen LogP contribution >= 0.6 is 0 Å². The number of unbranched alkanes of at least 4 members (excludes halogenated alkanes) is 2. The SMILES string of the molecule is NCCCC1C=CC=C(OCCCCCO)C1. The lowest BCUT2D eigenvalue weighted by Gasteiger charge is -2.18. The lowest BCUT2D eigenvalue weighted by atomic mass is 9.94. The normalized spacial score (nSPS) is 19.2. The molecule has 0 fully saturated rings. The van der Waals surface area contributed by atoms with Crippen molar-refractivity contribution in [1.29, 1.82) is 0 Å². The second kappa shape index (κ2) is 9.25. The van der Waals surface area contributed by atoms with Gasteiger partial charge in [-0.3, -0.25) is 0 Å². The van der Waals surface area contributed by atoms with E-state index in [0.717, 1.165) is 57.4 Å². The average Bonchev–Trinajstić information content (AvgIpc) is 2.37. The van der Waals surface area contributed by atoms with E-state index in [9.17, 15) is 0 Å². The summed E-state index contributed by atoms with van der Waals surface area (Å²) in [5, 5.41) is 8.66. The lowest BCUT2D eigenvalue weighted by Crippen LogP contribution is -2.08. The zero-order valence-corrected chi connectivity index (χ0v) is 10.6. The Labute approximate surface area is 104 Å². The van der Waals surface area contributed by atoms with Gasteiger partial charge in [0.05, 0.1) is 12.4 Å². The molecule has 0 radical (unpaired) electrons. The summed E-state index contributed by atoms with van der Waals surface area (Å²) in [5.74, 6) is 1.69. The zero-order chi connectivity index (χ0) is 12.3. The largest absolute Gasteiger partial charge is 0.498 e. The molecule has 0 amide bonds. The van der Waals surface area contributed by atoms with Crippen LogP contribution in [-0.2, 0) is 4.74 Å². The van der Waals surface area contributed by atoms with Crippen LogP contribution in [0, 0.1) is 5.92 Å². The van der Waals surface area contributed by atoms with Crippen LogP contribution in [0.1, 0.15) is 38.5 Å². The van der Waals surface area contributed by atoms with Gasteiger partial charge in [0.2, 0.25) is 0 Å². The first-order valence-corrected chi connectivity index (χ1v) is 6.68. The minimum atomic E-state index is 0.284. The van der Waals surface area contributed by atoms with Gasteiger partial charge in [-0.05, 0) is 50.6 Å². The molecule has 0 aromatic carbocycles. The third kappa shape index (κ3) is 6.49. The van der Waals surface area contributed by atoms with Crippen molar-refractivity contribution in [2.24, 2.45) is 11.7 Å². The van der Waals surface area contributed by atoms with E-state index in [1.54, 1.807) is 0 Å². The Morgan fingerprint density at radius 1 is 1.29 bits per heavy atom. The summed E-state index contributed by atoms with van der Waals surface area (Å²) in [4.78, 5) is 0. The summed E-state index contributed by atoms with van der Waals surface area (Å²) < 4.78 is 5.74. The number of hydrogen-bond acceptors (Lipinski definition) is 3. The summed E-state index contributed by atoms with van der Waals surface area (Å²) in [7, 11) is 0. The molecule has 17 heavy (non-hydrogen) atoms. The molecule has 3 N–H and O–H groups in total. The number of rotatable bonds is 9. The van der Waals surface area contributed by atoms with Crippen LogP contribution < -0.4 is 5.73 Å². The molecule has 1 unspecified atom stereocenters. The highest BCUT2D eigenvalue weighted by Gasteiger charge is 2.11. The molecule has 0 bridgehead atoms. The van der Waals surface area contributed by atoms with Crippen LogP contribution in [-0.4, -0.2) is 24.9 Å². The maximum absolute atomic E-state index is 8.66. The van der Waals surface area contributed by atoms with Gasteiger partial charge in [-0.1, -0.05) is 12.2 Å². The van der Waals surface area contributed by atoms with E-state index < -0.39 is 0 Å². The Kier molecular flexibility index (Phi) is 7.76. The average molecular weight is 239 g/mol. The maximum Gasteiger partial charge on any atom is 0.0965 e. The molecule has 0 aromatic heterocycles. The first kappa shape index (κ1) is 14.3. The monoisotopic (exact) mass is 239 g/mol. The van der Waals surface area contributed by atoms with E-state index in [1.807, 2.05) is 0 Å². The van der Waals surface area contributed by atoms with Crippen molar-refractivity contribution in [3.63, 3.8) is 0 Å². The molecule has 0 aliphatic heterocycles. The van der Waals surface area contributed by atoms with E-state index in [-0.39, 0.29) is 6.61 Å². The van der Waals surface area contributed by atoms with Crippen molar-refractivity contribution in [2.45, 2.75) is 38.5 Å². The summed E-state index contributed by atoms with van der Waals surface area (Å²) in [6.07, 6.45) is 12.6. The summed E-state index contributed by atoms with van der Waals surface area (Å²) in [6, 6.07) is 0. The van der Waals surface area contributed by atoms with Gasteiger partial charge < -0.3 is 15.6 Å². The number of allylic oxidation sites excluding steroid dienone is 4. The first-order valence-electron chi connectivity index (χ1n) is 6.68. The van der Waals surface area contributed by atoms with Crippen molar-refractivity contribution in [1.82, 2.24) is 0 Å². The molecule has 0 heterocycles. The molecular weight excluding hydrogens is 214 g/mol. The van der Waals surface area contributed by atoms with Gasteiger partial charge in [0.25, 0.3) is 0 Å². The van der Waals surface area contributed by atoms with Gasteiger partial charge in [-0.15, -0.1) is 0 Å². The molecule has 0 saturated carbocycles. The predicted molar refractivity (Wildman–Crippen MR) is 70.5 cm³/mol. The molecule has 3 heteroatoms. The predicted octanol–water partition coefficient (Wildman–Crippen LogP) is 2.36. The minimum absolute atomic E-state index is 0.284. The molecule has 3 nitrogen and oxygen atoms in total. The molecular formula is C14H25NO2. The van der Waals surface area contributed by atoms with Crippen molar-refractivity contribution in [2.75, 3.05) is 19.8 Å². The van der Waals surface area contributed by atoms with E-state index in [0.29, 0.717) is 5.92 Å². The lowest BCUT2D eigenvalue weighted by molar-refractivity contribution is 0.183.